The lowest BCUT2D eigenvalue weighted by atomic mass is 10.0. The molecule has 19 heavy (non-hydrogen) atoms. The highest BCUT2D eigenvalue weighted by Crippen LogP contribution is 2.30. The van der Waals surface area contributed by atoms with E-state index in [4.69, 9.17) is 11.6 Å². The second-order valence-electron chi connectivity index (χ2n) is 5.20. The molecule has 0 saturated carbocycles. The topological polar surface area (TPSA) is 6.48 Å². The van der Waals surface area contributed by atoms with Gasteiger partial charge >= 0.3 is 0 Å². The average Bonchev–Trinajstić information content (AvgIpc) is 2.46. The normalized spacial score (nSPS) is 17.7. The summed E-state index contributed by atoms with van der Waals surface area (Å²) in [5.74, 6) is 0.567. The molecule has 0 aromatic heterocycles. The molecule has 1 fully saturated rings. The lowest BCUT2D eigenvalue weighted by molar-refractivity contribution is 0.221. The zero-order chi connectivity index (χ0) is 13.8. The number of hydrogen-bond donors (Lipinski definition) is 0. The molecule has 106 valence electrons. The van der Waals surface area contributed by atoms with Crippen LogP contribution in [-0.4, -0.2) is 37.6 Å². The fourth-order valence-corrected chi connectivity index (χ4v) is 3.61. The van der Waals surface area contributed by atoms with Crippen molar-refractivity contribution in [1.29, 1.82) is 0 Å². The molecule has 1 aliphatic rings. The van der Waals surface area contributed by atoms with Gasteiger partial charge in [0.1, 0.15) is 0 Å². The maximum absolute atomic E-state index is 5.87. The van der Waals surface area contributed by atoms with Gasteiger partial charge < -0.3 is 9.80 Å². The molecule has 0 atom stereocenters. The molecule has 0 spiro atoms. The van der Waals surface area contributed by atoms with Gasteiger partial charge in [-0.2, -0.15) is 0 Å². The summed E-state index contributed by atoms with van der Waals surface area (Å²) in [5, 5.41) is 0. The van der Waals surface area contributed by atoms with Gasteiger partial charge in [0.15, 0.2) is 0 Å². The molecule has 0 amide bonds. The van der Waals surface area contributed by atoms with Crippen LogP contribution < -0.4 is 4.90 Å². The van der Waals surface area contributed by atoms with E-state index in [1.807, 2.05) is 0 Å². The van der Waals surface area contributed by atoms with Gasteiger partial charge in [-0.05, 0) is 53.0 Å². The first-order chi connectivity index (χ1) is 9.15. The Bertz CT molecular complexity index is 417. The van der Waals surface area contributed by atoms with E-state index in [1.165, 1.54) is 38.2 Å². The molecule has 1 aromatic rings. The van der Waals surface area contributed by atoms with E-state index < -0.39 is 0 Å². The van der Waals surface area contributed by atoms with Crippen LogP contribution in [0.25, 0.3) is 0 Å². The number of alkyl halides is 1. The molecule has 2 rings (SSSR count). The van der Waals surface area contributed by atoms with Gasteiger partial charge in [0, 0.05) is 36.5 Å². The van der Waals surface area contributed by atoms with Crippen molar-refractivity contribution < 1.29 is 0 Å². The minimum Gasteiger partial charge on any atom is -0.371 e. The summed E-state index contributed by atoms with van der Waals surface area (Å²) in [6.07, 6.45) is 2.49. The Morgan fingerprint density at radius 1 is 1.37 bits per heavy atom. The molecule has 0 aliphatic carbocycles. The standard InChI is InChI=1S/C15H22BrClN2/c1-3-19-8-6-13(7-9-19)18(2)15-5-4-12(11-17)10-14(15)16/h4-5,10,13H,3,6-9,11H2,1-2H3. The Labute approximate surface area is 129 Å². The molecule has 1 aromatic carbocycles. The molecular formula is C15H22BrClN2. The van der Waals surface area contributed by atoms with Gasteiger partial charge in [-0.1, -0.05) is 13.0 Å². The van der Waals surface area contributed by atoms with E-state index in [0.29, 0.717) is 11.9 Å². The number of hydrogen-bond acceptors (Lipinski definition) is 2. The Balaban J connectivity index is 2.05. The number of halogens is 2. The summed E-state index contributed by atoms with van der Waals surface area (Å²) >= 11 is 9.54. The van der Waals surface area contributed by atoms with E-state index >= 15 is 0 Å². The van der Waals surface area contributed by atoms with Gasteiger partial charge in [0.2, 0.25) is 0 Å². The molecule has 0 N–H and O–H groups in total. The second kappa shape index (κ2) is 6.96. The van der Waals surface area contributed by atoms with E-state index in [9.17, 15) is 0 Å². The minimum atomic E-state index is 0.567. The van der Waals surface area contributed by atoms with E-state index in [0.717, 1.165) is 10.0 Å². The van der Waals surface area contributed by atoms with Crippen molar-refractivity contribution in [2.24, 2.45) is 0 Å². The summed E-state index contributed by atoms with van der Waals surface area (Å²) < 4.78 is 1.14. The highest BCUT2D eigenvalue weighted by Gasteiger charge is 2.22. The van der Waals surface area contributed by atoms with Gasteiger partial charge in [-0.3, -0.25) is 0 Å². The predicted molar refractivity (Wildman–Crippen MR) is 87.2 cm³/mol. The van der Waals surface area contributed by atoms with Gasteiger partial charge in [-0.25, -0.2) is 0 Å². The molecule has 1 aliphatic heterocycles. The van der Waals surface area contributed by atoms with Crippen molar-refractivity contribution in [3.63, 3.8) is 0 Å². The summed E-state index contributed by atoms with van der Waals surface area (Å²) in [4.78, 5) is 4.94. The monoisotopic (exact) mass is 344 g/mol. The lowest BCUT2D eigenvalue weighted by Crippen LogP contribution is -2.43. The van der Waals surface area contributed by atoms with E-state index in [-0.39, 0.29) is 0 Å². The fraction of sp³-hybridized carbons (Fsp3) is 0.600. The van der Waals surface area contributed by atoms with Gasteiger partial charge in [0.25, 0.3) is 0 Å². The molecule has 4 heteroatoms. The Morgan fingerprint density at radius 2 is 2.05 bits per heavy atom. The zero-order valence-corrected chi connectivity index (χ0v) is 14.0. The lowest BCUT2D eigenvalue weighted by Gasteiger charge is -2.37. The van der Waals surface area contributed by atoms with Crippen LogP contribution >= 0.6 is 27.5 Å². The third kappa shape index (κ3) is 3.65. The second-order valence-corrected chi connectivity index (χ2v) is 6.32. The molecular weight excluding hydrogens is 324 g/mol. The van der Waals surface area contributed by atoms with Crippen LogP contribution in [0.1, 0.15) is 25.3 Å². The van der Waals surface area contributed by atoms with Crippen molar-refractivity contribution >= 4 is 33.2 Å². The maximum Gasteiger partial charge on any atom is 0.0510 e. The highest BCUT2D eigenvalue weighted by atomic mass is 79.9. The summed E-state index contributed by atoms with van der Waals surface area (Å²) in [6.45, 7) is 5.84. The van der Waals surface area contributed by atoms with Crippen LogP contribution in [0.4, 0.5) is 5.69 Å². The van der Waals surface area contributed by atoms with Crippen LogP contribution in [0.2, 0.25) is 0 Å². The zero-order valence-electron chi connectivity index (χ0n) is 11.7. The number of benzene rings is 1. The van der Waals surface area contributed by atoms with Gasteiger partial charge in [-0.15, -0.1) is 11.6 Å². The van der Waals surface area contributed by atoms with Crippen LogP contribution in [0.15, 0.2) is 22.7 Å². The Kier molecular flexibility index (Phi) is 5.55. The number of rotatable bonds is 4. The van der Waals surface area contributed by atoms with E-state index in [1.54, 1.807) is 0 Å². The van der Waals surface area contributed by atoms with Crippen molar-refractivity contribution in [1.82, 2.24) is 4.90 Å². The molecule has 0 radical (unpaired) electrons. The molecule has 0 unspecified atom stereocenters. The fourth-order valence-electron chi connectivity index (χ4n) is 2.74. The molecule has 1 saturated heterocycles. The largest absolute Gasteiger partial charge is 0.371 e. The first kappa shape index (κ1) is 15.1. The van der Waals surface area contributed by atoms with Crippen molar-refractivity contribution in [3.05, 3.63) is 28.2 Å². The predicted octanol–water partition coefficient (Wildman–Crippen LogP) is 4.11. The van der Waals surface area contributed by atoms with E-state index in [2.05, 4.69) is 57.9 Å². The summed E-state index contributed by atoms with van der Waals surface area (Å²) in [5.41, 5.74) is 2.43. The molecule has 2 nitrogen and oxygen atoms in total. The highest BCUT2D eigenvalue weighted by molar-refractivity contribution is 9.10. The number of likely N-dealkylation sites (tertiary alicyclic amines) is 1. The number of piperidine rings is 1. The Hall–Kier alpha value is -0.250. The van der Waals surface area contributed by atoms with Crippen LogP contribution in [0.5, 0.6) is 0 Å². The number of nitrogens with zero attached hydrogens (tertiary/aromatic N) is 2. The van der Waals surface area contributed by atoms with Crippen molar-refractivity contribution in [2.75, 3.05) is 31.6 Å². The summed E-state index contributed by atoms with van der Waals surface area (Å²) in [7, 11) is 2.20. The molecule has 0 bridgehead atoms. The third-order valence-electron chi connectivity index (χ3n) is 4.10. The number of anilines is 1. The van der Waals surface area contributed by atoms with Crippen LogP contribution in [-0.2, 0) is 5.88 Å². The summed E-state index contributed by atoms with van der Waals surface area (Å²) in [6, 6.07) is 7.06. The van der Waals surface area contributed by atoms with Crippen LogP contribution in [0, 0.1) is 0 Å². The quantitative estimate of drug-likeness (QED) is 0.758. The third-order valence-corrected chi connectivity index (χ3v) is 5.04. The van der Waals surface area contributed by atoms with Crippen molar-refractivity contribution in [3.8, 4) is 0 Å². The van der Waals surface area contributed by atoms with Crippen LogP contribution in [0.3, 0.4) is 0 Å². The molecule has 1 heterocycles. The Morgan fingerprint density at radius 3 is 2.58 bits per heavy atom. The van der Waals surface area contributed by atoms with Gasteiger partial charge in [0.05, 0.1) is 5.69 Å². The smallest absolute Gasteiger partial charge is 0.0510 e. The SMILES string of the molecule is CCN1CCC(N(C)c2ccc(CCl)cc2Br)CC1. The van der Waals surface area contributed by atoms with Crippen molar-refractivity contribution in [2.45, 2.75) is 31.7 Å². The minimum absolute atomic E-state index is 0.567. The average molecular weight is 346 g/mol. The first-order valence-electron chi connectivity index (χ1n) is 6.95. The maximum atomic E-state index is 5.87. The first-order valence-corrected chi connectivity index (χ1v) is 8.28.